The summed E-state index contributed by atoms with van der Waals surface area (Å²) in [7, 11) is 3.43. The second kappa shape index (κ2) is 8.24. The van der Waals surface area contributed by atoms with Crippen LogP contribution in [-0.4, -0.2) is 42.3 Å². The van der Waals surface area contributed by atoms with Crippen molar-refractivity contribution in [3.05, 3.63) is 71.4 Å². The molecule has 2 amide bonds. The van der Waals surface area contributed by atoms with Crippen molar-refractivity contribution < 1.29 is 9.59 Å². The molecule has 136 valence electrons. The van der Waals surface area contributed by atoms with Gasteiger partial charge < -0.3 is 15.2 Å². The number of fused-ring (bicyclic) bond motifs is 1. The molecule has 0 aliphatic heterocycles. The third kappa shape index (κ3) is 4.56. The van der Waals surface area contributed by atoms with E-state index in [2.05, 4.69) is 22.1 Å². The SMILES string of the molecule is CN(C)C(=O)c1ccc(C#CCNC(=O)Cc2c[nH]c3ccccc23)cc1. The maximum Gasteiger partial charge on any atom is 0.253 e. The molecule has 27 heavy (non-hydrogen) atoms. The molecule has 0 aliphatic carbocycles. The van der Waals surface area contributed by atoms with Gasteiger partial charge in [-0.2, -0.15) is 0 Å². The van der Waals surface area contributed by atoms with E-state index < -0.39 is 0 Å². The van der Waals surface area contributed by atoms with Gasteiger partial charge in [0.15, 0.2) is 0 Å². The molecular weight excluding hydrogens is 338 g/mol. The van der Waals surface area contributed by atoms with Gasteiger partial charge in [-0.25, -0.2) is 0 Å². The number of amides is 2. The van der Waals surface area contributed by atoms with Gasteiger partial charge in [0.25, 0.3) is 5.91 Å². The Morgan fingerprint density at radius 3 is 2.56 bits per heavy atom. The van der Waals surface area contributed by atoms with Crippen LogP contribution in [0.3, 0.4) is 0 Å². The standard InChI is InChI=1S/C22H21N3O2/c1-25(2)22(27)17-11-9-16(10-12-17)6-5-13-23-21(26)14-18-15-24-20-8-4-3-7-19(18)20/h3-4,7-12,15,24H,13-14H2,1-2H3,(H,23,26). The zero-order valence-electron chi connectivity index (χ0n) is 15.4. The summed E-state index contributed by atoms with van der Waals surface area (Å²) in [5, 5.41) is 3.87. The highest BCUT2D eigenvalue weighted by atomic mass is 16.2. The van der Waals surface area contributed by atoms with Crippen LogP contribution in [0.2, 0.25) is 0 Å². The Bertz CT molecular complexity index is 1020. The number of hydrogen-bond acceptors (Lipinski definition) is 2. The normalized spacial score (nSPS) is 10.1. The zero-order valence-corrected chi connectivity index (χ0v) is 15.4. The summed E-state index contributed by atoms with van der Waals surface area (Å²) >= 11 is 0. The number of hydrogen-bond donors (Lipinski definition) is 2. The highest BCUT2D eigenvalue weighted by molar-refractivity contribution is 5.94. The van der Waals surface area contributed by atoms with Crippen LogP contribution in [0.4, 0.5) is 0 Å². The molecule has 2 N–H and O–H groups in total. The molecule has 0 saturated carbocycles. The monoisotopic (exact) mass is 359 g/mol. The minimum absolute atomic E-state index is 0.0425. The van der Waals surface area contributed by atoms with Gasteiger partial charge >= 0.3 is 0 Å². The average molecular weight is 359 g/mol. The minimum Gasteiger partial charge on any atom is -0.361 e. The fourth-order valence-corrected chi connectivity index (χ4v) is 2.76. The molecule has 0 bridgehead atoms. The summed E-state index contributed by atoms with van der Waals surface area (Å²) in [4.78, 5) is 28.7. The predicted octanol–water partition coefficient (Wildman–Crippen LogP) is 2.58. The molecule has 1 aromatic heterocycles. The lowest BCUT2D eigenvalue weighted by molar-refractivity contribution is -0.120. The number of nitrogens with zero attached hydrogens (tertiary/aromatic N) is 1. The predicted molar refractivity (Wildman–Crippen MR) is 106 cm³/mol. The quantitative estimate of drug-likeness (QED) is 0.703. The first-order valence-electron chi connectivity index (χ1n) is 8.67. The van der Waals surface area contributed by atoms with Crippen LogP contribution >= 0.6 is 0 Å². The van der Waals surface area contributed by atoms with Crippen molar-refractivity contribution >= 4 is 22.7 Å². The molecule has 0 radical (unpaired) electrons. The van der Waals surface area contributed by atoms with E-state index in [-0.39, 0.29) is 18.4 Å². The lowest BCUT2D eigenvalue weighted by Crippen LogP contribution is -2.25. The maximum absolute atomic E-state index is 12.1. The number of H-pyrrole nitrogens is 1. The van der Waals surface area contributed by atoms with Gasteiger partial charge in [0.2, 0.25) is 5.91 Å². The van der Waals surface area contributed by atoms with E-state index in [1.165, 1.54) is 4.90 Å². The van der Waals surface area contributed by atoms with Crippen molar-refractivity contribution in [1.29, 1.82) is 0 Å². The fourth-order valence-electron chi connectivity index (χ4n) is 2.76. The fraction of sp³-hybridized carbons (Fsp3) is 0.182. The second-order valence-electron chi connectivity index (χ2n) is 6.39. The van der Waals surface area contributed by atoms with E-state index in [1.807, 2.05) is 30.5 Å². The average Bonchev–Trinajstić information content (AvgIpc) is 3.08. The van der Waals surface area contributed by atoms with Gasteiger partial charge in [-0.3, -0.25) is 9.59 Å². The molecule has 3 rings (SSSR count). The summed E-state index contributed by atoms with van der Waals surface area (Å²) in [6.45, 7) is 0.277. The van der Waals surface area contributed by atoms with E-state index in [1.54, 1.807) is 38.4 Å². The van der Waals surface area contributed by atoms with Crippen molar-refractivity contribution in [2.75, 3.05) is 20.6 Å². The van der Waals surface area contributed by atoms with E-state index in [4.69, 9.17) is 0 Å². The van der Waals surface area contributed by atoms with E-state index in [9.17, 15) is 9.59 Å². The third-order valence-corrected chi connectivity index (χ3v) is 4.17. The van der Waals surface area contributed by atoms with Gasteiger partial charge in [-0.05, 0) is 35.9 Å². The van der Waals surface area contributed by atoms with Gasteiger partial charge in [-0.1, -0.05) is 30.0 Å². The van der Waals surface area contributed by atoms with E-state index >= 15 is 0 Å². The molecule has 0 fully saturated rings. The number of carbonyl (C=O) groups excluding carboxylic acids is 2. The minimum atomic E-state index is -0.0685. The van der Waals surface area contributed by atoms with E-state index in [0.717, 1.165) is 22.0 Å². The van der Waals surface area contributed by atoms with Crippen LogP contribution in [0.1, 0.15) is 21.5 Å². The number of para-hydroxylation sites is 1. The van der Waals surface area contributed by atoms with Crippen LogP contribution in [0.5, 0.6) is 0 Å². The maximum atomic E-state index is 12.1. The van der Waals surface area contributed by atoms with Crippen molar-refractivity contribution in [3.8, 4) is 11.8 Å². The van der Waals surface area contributed by atoms with Crippen molar-refractivity contribution in [2.24, 2.45) is 0 Å². The number of carbonyl (C=O) groups is 2. The first-order valence-corrected chi connectivity index (χ1v) is 8.67. The molecule has 0 saturated heterocycles. The van der Waals surface area contributed by atoms with Crippen molar-refractivity contribution in [1.82, 2.24) is 15.2 Å². The van der Waals surface area contributed by atoms with Crippen LogP contribution in [0.15, 0.2) is 54.7 Å². The smallest absolute Gasteiger partial charge is 0.253 e. The lowest BCUT2D eigenvalue weighted by Gasteiger charge is -2.09. The lowest BCUT2D eigenvalue weighted by atomic mass is 10.1. The molecule has 0 aliphatic rings. The molecule has 1 heterocycles. The molecule has 0 atom stereocenters. The molecule has 0 spiro atoms. The molecule has 2 aromatic carbocycles. The summed E-state index contributed by atoms with van der Waals surface area (Å²) in [5.74, 6) is 5.81. The number of benzene rings is 2. The number of rotatable bonds is 4. The van der Waals surface area contributed by atoms with Crippen LogP contribution in [0, 0.1) is 11.8 Å². The van der Waals surface area contributed by atoms with Crippen molar-refractivity contribution in [2.45, 2.75) is 6.42 Å². The molecule has 0 unspecified atom stereocenters. The highest BCUT2D eigenvalue weighted by Crippen LogP contribution is 2.17. The Labute approximate surface area is 158 Å². The van der Waals surface area contributed by atoms with Crippen LogP contribution in [-0.2, 0) is 11.2 Å². The first-order chi connectivity index (χ1) is 13.0. The zero-order chi connectivity index (χ0) is 19.2. The number of aromatic amines is 1. The number of nitrogens with one attached hydrogen (secondary N) is 2. The van der Waals surface area contributed by atoms with Crippen molar-refractivity contribution in [3.63, 3.8) is 0 Å². The van der Waals surface area contributed by atoms with Crippen LogP contribution in [0.25, 0.3) is 10.9 Å². The Kier molecular flexibility index (Phi) is 5.58. The first kappa shape index (κ1) is 18.3. The Balaban J connectivity index is 1.53. The Hall–Kier alpha value is -3.52. The summed E-state index contributed by atoms with van der Waals surface area (Å²) in [5.41, 5.74) is 3.42. The second-order valence-corrected chi connectivity index (χ2v) is 6.39. The molecule has 5 heteroatoms. The number of aromatic nitrogens is 1. The molecule has 5 nitrogen and oxygen atoms in total. The molecule has 3 aromatic rings. The largest absolute Gasteiger partial charge is 0.361 e. The van der Waals surface area contributed by atoms with Gasteiger partial charge in [-0.15, -0.1) is 0 Å². The third-order valence-electron chi connectivity index (χ3n) is 4.17. The summed E-state index contributed by atoms with van der Waals surface area (Å²) in [6, 6.07) is 15.0. The van der Waals surface area contributed by atoms with Gasteiger partial charge in [0.1, 0.15) is 0 Å². The van der Waals surface area contributed by atoms with Gasteiger partial charge in [0.05, 0.1) is 13.0 Å². The Morgan fingerprint density at radius 2 is 1.81 bits per heavy atom. The summed E-state index contributed by atoms with van der Waals surface area (Å²) in [6.07, 6.45) is 2.18. The Morgan fingerprint density at radius 1 is 1.07 bits per heavy atom. The van der Waals surface area contributed by atoms with Crippen LogP contribution < -0.4 is 5.32 Å². The summed E-state index contributed by atoms with van der Waals surface area (Å²) < 4.78 is 0. The topological polar surface area (TPSA) is 65.2 Å². The highest BCUT2D eigenvalue weighted by Gasteiger charge is 2.08. The molecular formula is C22H21N3O2. The van der Waals surface area contributed by atoms with Gasteiger partial charge in [0, 0.05) is 42.3 Å². The van der Waals surface area contributed by atoms with E-state index in [0.29, 0.717) is 12.0 Å².